The van der Waals surface area contributed by atoms with Crippen LogP contribution in [0.1, 0.15) is 25.0 Å². The van der Waals surface area contributed by atoms with Crippen molar-refractivity contribution in [2.75, 3.05) is 33.4 Å². The van der Waals surface area contributed by atoms with E-state index in [1.807, 2.05) is 64.1 Å². The predicted octanol–water partition coefficient (Wildman–Crippen LogP) is 3.81. The van der Waals surface area contributed by atoms with Crippen LogP contribution in [0.2, 0.25) is 0 Å². The van der Waals surface area contributed by atoms with Crippen molar-refractivity contribution in [2.45, 2.75) is 27.7 Å². The maximum Gasteiger partial charge on any atom is 0.125 e. The molecule has 0 aromatic heterocycles. The zero-order valence-electron chi connectivity index (χ0n) is 16.0. The van der Waals surface area contributed by atoms with Crippen LogP contribution in [-0.2, 0) is 4.84 Å². The number of ether oxygens (including phenoxy) is 2. The molecule has 0 atom stereocenters. The van der Waals surface area contributed by atoms with Crippen LogP contribution in [0.5, 0.6) is 11.5 Å². The lowest BCUT2D eigenvalue weighted by molar-refractivity contribution is 0.212. The molecule has 0 spiro atoms. The van der Waals surface area contributed by atoms with Gasteiger partial charge in [0.05, 0.1) is 5.71 Å². The Morgan fingerprint density at radius 2 is 1.76 bits per heavy atom. The summed E-state index contributed by atoms with van der Waals surface area (Å²) in [4.78, 5) is 4.70. The van der Waals surface area contributed by atoms with Gasteiger partial charge in [-0.3, -0.25) is 0 Å². The van der Waals surface area contributed by atoms with E-state index in [2.05, 4.69) is 10.5 Å². The number of hydrogen-bond donors (Lipinski definition) is 1. The van der Waals surface area contributed by atoms with Crippen molar-refractivity contribution in [1.82, 2.24) is 5.32 Å². The Hall–Kier alpha value is -2.27. The quantitative estimate of drug-likeness (QED) is 0.286. The number of rotatable bonds is 11. The van der Waals surface area contributed by atoms with Crippen LogP contribution in [0.4, 0.5) is 0 Å². The highest BCUT2D eigenvalue weighted by atomic mass is 16.6. The Bertz CT molecular complexity index is 584. The summed E-state index contributed by atoms with van der Waals surface area (Å²) in [5, 5.41) is 7.09. The average Bonchev–Trinajstić information content (AvgIpc) is 2.56. The van der Waals surface area contributed by atoms with Crippen molar-refractivity contribution in [3.63, 3.8) is 0 Å². The molecule has 0 saturated heterocycles. The molecule has 0 saturated carbocycles. The summed E-state index contributed by atoms with van der Waals surface area (Å²) >= 11 is 0. The van der Waals surface area contributed by atoms with Crippen molar-refractivity contribution >= 4 is 5.71 Å². The molecule has 138 valence electrons. The van der Waals surface area contributed by atoms with Crippen LogP contribution >= 0.6 is 0 Å². The number of allylic oxidation sites excluding steroid dienone is 1. The van der Waals surface area contributed by atoms with E-state index in [0.717, 1.165) is 34.9 Å². The second-order valence-corrected chi connectivity index (χ2v) is 5.69. The van der Waals surface area contributed by atoms with Gasteiger partial charge in [-0.05, 0) is 51.0 Å². The number of nitrogens with one attached hydrogen (secondary N) is 1. The molecule has 5 heteroatoms. The second kappa shape index (κ2) is 12.1. The van der Waals surface area contributed by atoms with Crippen LogP contribution in [0.25, 0.3) is 0 Å². The van der Waals surface area contributed by atoms with E-state index in [0.29, 0.717) is 19.8 Å². The van der Waals surface area contributed by atoms with Crippen molar-refractivity contribution in [1.29, 1.82) is 0 Å². The number of aryl methyl sites for hydroxylation is 2. The topological polar surface area (TPSA) is 52.1 Å². The van der Waals surface area contributed by atoms with E-state index in [1.165, 1.54) is 0 Å². The van der Waals surface area contributed by atoms with Gasteiger partial charge in [0, 0.05) is 13.1 Å². The Labute approximate surface area is 151 Å². The van der Waals surface area contributed by atoms with Gasteiger partial charge in [-0.15, -0.1) is 0 Å². The molecule has 1 aromatic rings. The molecule has 0 bridgehead atoms. The van der Waals surface area contributed by atoms with E-state index in [4.69, 9.17) is 14.3 Å². The minimum atomic E-state index is 0.535. The smallest absolute Gasteiger partial charge is 0.125 e. The first-order valence-corrected chi connectivity index (χ1v) is 8.48. The highest BCUT2D eigenvalue weighted by molar-refractivity contribution is 5.83. The molecule has 0 radical (unpaired) electrons. The summed E-state index contributed by atoms with van der Waals surface area (Å²) in [5.41, 5.74) is 3.07. The van der Waals surface area contributed by atoms with Crippen LogP contribution in [0.15, 0.2) is 41.6 Å². The summed E-state index contributed by atoms with van der Waals surface area (Å²) in [5.74, 6) is 1.78. The van der Waals surface area contributed by atoms with Gasteiger partial charge < -0.3 is 19.6 Å². The van der Waals surface area contributed by atoms with Gasteiger partial charge in [0.15, 0.2) is 0 Å². The fourth-order valence-corrected chi connectivity index (χ4v) is 2.27. The number of benzene rings is 1. The van der Waals surface area contributed by atoms with E-state index < -0.39 is 0 Å². The molecule has 0 aliphatic heterocycles. The molecular formula is C20H30N2O3. The third-order valence-corrected chi connectivity index (χ3v) is 3.40. The molecule has 0 aliphatic rings. The lowest BCUT2D eigenvalue weighted by Crippen LogP contribution is -2.21. The normalized spacial score (nSPS) is 12.1. The van der Waals surface area contributed by atoms with Gasteiger partial charge in [0.2, 0.25) is 0 Å². The summed E-state index contributed by atoms with van der Waals surface area (Å²) in [6.07, 6.45) is 8.01. The SMILES string of the molecule is C/C=C/COc1cc(C)c(OC/C=C/CNCC(C)=NOC)c(C)c1. The molecule has 5 nitrogen and oxygen atoms in total. The summed E-state index contributed by atoms with van der Waals surface area (Å²) in [6.45, 7) is 10.5. The number of hydrogen-bond acceptors (Lipinski definition) is 5. The number of oxime groups is 1. The third kappa shape index (κ3) is 8.40. The highest BCUT2D eigenvalue weighted by Gasteiger charge is 2.06. The lowest BCUT2D eigenvalue weighted by Gasteiger charge is -2.13. The fraction of sp³-hybridized carbons (Fsp3) is 0.450. The first kappa shape index (κ1) is 20.8. The lowest BCUT2D eigenvalue weighted by atomic mass is 10.1. The zero-order chi connectivity index (χ0) is 18.5. The van der Waals surface area contributed by atoms with E-state index >= 15 is 0 Å². The third-order valence-electron chi connectivity index (χ3n) is 3.40. The van der Waals surface area contributed by atoms with Crippen molar-refractivity contribution in [3.8, 4) is 11.5 Å². The average molecular weight is 346 g/mol. The summed E-state index contributed by atoms with van der Waals surface area (Å²) < 4.78 is 11.6. The molecule has 0 heterocycles. The zero-order valence-corrected chi connectivity index (χ0v) is 16.0. The predicted molar refractivity (Wildman–Crippen MR) is 104 cm³/mol. The van der Waals surface area contributed by atoms with Gasteiger partial charge in [-0.2, -0.15) is 0 Å². The highest BCUT2D eigenvalue weighted by Crippen LogP contribution is 2.28. The van der Waals surface area contributed by atoms with Crippen LogP contribution < -0.4 is 14.8 Å². The minimum Gasteiger partial charge on any atom is -0.490 e. The van der Waals surface area contributed by atoms with Gasteiger partial charge in [-0.1, -0.05) is 29.5 Å². The molecule has 0 aliphatic carbocycles. The largest absolute Gasteiger partial charge is 0.490 e. The molecule has 1 rings (SSSR count). The second-order valence-electron chi connectivity index (χ2n) is 5.69. The first-order chi connectivity index (χ1) is 12.1. The first-order valence-electron chi connectivity index (χ1n) is 8.48. The maximum atomic E-state index is 5.89. The minimum absolute atomic E-state index is 0.535. The van der Waals surface area contributed by atoms with Gasteiger partial charge in [0.25, 0.3) is 0 Å². The Morgan fingerprint density at radius 1 is 1.08 bits per heavy atom. The standard InChI is InChI=1S/C20H30N2O3/c1-6-7-11-24-19-13-16(2)20(17(3)14-19)25-12-9-8-10-21-15-18(4)22-23-5/h6-9,13-14,21H,10-12,15H2,1-5H3/b7-6+,9-8+,22-18?. The summed E-state index contributed by atoms with van der Waals surface area (Å²) in [6, 6.07) is 4.02. The molecule has 25 heavy (non-hydrogen) atoms. The Kier molecular flexibility index (Phi) is 10.1. The van der Waals surface area contributed by atoms with E-state index in [-0.39, 0.29) is 0 Å². The molecule has 0 fully saturated rings. The van der Waals surface area contributed by atoms with Gasteiger partial charge in [0.1, 0.15) is 31.8 Å². The van der Waals surface area contributed by atoms with E-state index in [1.54, 1.807) is 7.11 Å². The number of nitrogens with zero attached hydrogens (tertiary/aromatic N) is 1. The Morgan fingerprint density at radius 3 is 2.40 bits per heavy atom. The molecular weight excluding hydrogens is 316 g/mol. The maximum absolute atomic E-state index is 5.89. The van der Waals surface area contributed by atoms with E-state index in [9.17, 15) is 0 Å². The van der Waals surface area contributed by atoms with Crippen molar-refractivity contribution in [3.05, 3.63) is 47.6 Å². The van der Waals surface area contributed by atoms with Crippen molar-refractivity contribution in [2.24, 2.45) is 5.16 Å². The van der Waals surface area contributed by atoms with Gasteiger partial charge in [-0.25, -0.2) is 0 Å². The van der Waals surface area contributed by atoms with Crippen LogP contribution in [-0.4, -0.2) is 39.1 Å². The fourth-order valence-electron chi connectivity index (χ4n) is 2.27. The molecule has 0 amide bonds. The summed E-state index contributed by atoms with van der Waals surface area (Å²) in [7, 11) is 1.55. The van der Waals surface area contributed by atoms with Crippen LogP contribution in [0.3, 0.4) is 0 Å². The Balaban J connectivity index is 2.41. The van der Waals surface area contributed by atoms with Crippen LogP contribution in [0, 0.1) is 13.8 Å². The molecule has 1 N–H and O–H groups in total. The molecule has 1 aromatic carbocycles. The monoisotopic (exact) mass is 346 g/mol. The van der Waals surface area contributed by atoms with Crippen molar-refractivity contribution < 1.29 is 14.3 Å². The van der Waals surface area contributed by atoms with Gasteiger partial charge >= 0.3 is 0 Å². The molecule has 0 unspecified atom stereocenters.